The lowest BCUT2D eigenvalue weighted by atomic mass is 10.1. The second-order valence-corrected chi connectivity index (χ2v) is 9.29. The molecule has 0 aromatic carbocycles. The third-order valence-electron chi connectivity index (χ3n) is 4.05. The van der Waals surface area contributed by atoms with Crippen molar-refractivity contribution in [2.24, 2.45) is 4.99 Å². The minimum Gasteiger partial charge on any atom is -0.377 e. The minimum atomic E-state index is -3.35. The van der Waals surface area contributed by atoms with Gasteiger partial charge in [-0.05, 0) is 19.3 Å². The Kier molecular flexibility index (Phi) is 8.74. The van der Waals surface area contributed by atoms with Crippen molar-refractivity contribution in [2.75, 3.05) is 51.5 Å². The molecule has 154 valence electrons. The molecule has 0 saturated carbocycles. The molecule has 1 aliphatic rings. The van der Waals surface area contributed by atoms with Gasteiger partial charge >= 0.3 is 0 Å². The van der Waals surface area contributed by atoms with E-state index in [-0.39, 0.29) is 18.4 Å². The Balaban J connectivity index is 1.68. The molecule has 2 rings (SSSR count). The van der Waals surface area contributed by atoms with Crippen LogP contribution in [0, 0.1) is 0 Å². The Hall–Kier alpha value is -1.43. The molecule has 11 heteroatoms. The maximum Gasteiger partial charge on any atom is 0.213 e. The summed E-state index contributed by atoms with van der Waals surface area (Å²) in [6.45, 7) is 1.84. The zero-order chi connectivity index (χ0) is 19.7. The van der Waals surface area contributed by atoms with Gasteiger partial charge in [0.2, 0.25) is 10.0 Å². The van der Waals surface area contributed by atoms with Crippen molar-refractivity contribution < 1.29 is 13.2 Å². The number of anilines is 1. The van der Waals surface area contributed by atoms with E-state index >= 15 is 0 Å². The number of hydrogen-bond donors (Lipinski definition) is 3. The highest BCUT2D eigenvalue weighted by atomic mass is 32.2. The van der Waals surface area contributed by atoms with E-state index in [1.54, 1.807) is 18.4 Å². The van der Waals surface area contributed by atoms with Gasteiger partial charge in [-0.25, -0.2) is 18.1 Å². The van der Waals surface area contributed by atoms with Crippen LogP contribution in [-0.4, -0.2) is 72.1 Å². The summed E-state index contributed by atoms with van der Waals surface area (Å²) < 4.78 is 32.4. The van der Waals surface area contributed by atoms with Gasteiger partial charge in [0.1, 0.15) is 0 Å². The molecular formula is C16H30N6O3S2. The number of sulfonamides is 1. The van der Waals surface area contributed by atoms with E-state index in [1.165, 1.54) is 0 Å². The van der Waals surface area contributed by atoms with E-state index in [2.05, 4.69) is 25.3 Å². The number of thiazole rings is 1. The van der Waals surface area contributed by atoms with Gasteiger partial charge in [0, 0.05) is 46.2 Å². The lowest BCUT2D eigenvalue weighted by Gasteiger charge is -2.22. The van der Waals surface area contributed by atoms with Gasteiger partial charge in [0.15, 0.2) is 11.1 Å². The number of nitrogens with one attached hydrogen (secondary N) is 3. The van der Waals surface area contributed by atoms with Crippen molar-refractivity contribution in [3.05, 3.63) is 11.1 Å². The van der Waals surface area contributed by atoms with Crippen molar-refractivity contribution in [1.29, 1.82) is 0 Å². The second kappa shape index (κ2) is 10.8. The summed E-state index contributed by atoms with van der Waals surface area (Å²) in [6.07, 6.45) is 3.03. The van der Waals surface area contributed by atoms with Crippen molar-refractivity contribution >= 4 is 32.5 Å². The minimum absolute atomic E-state index is 0.0129. The summed E-state index contributed by atoms with van der Waals surface area (Å²) in [5, 5.41) is 9.08. The molecule has 1 aromatic heterocycles. The fraction of sp³-hybridized carbons (Fsp3) is 0.750. The maximum atomic E-state index is 12.1. The number of aromatic nitrogens is 1. The van der Waals surface area contributed by atoms with Gasteiger partial charge < -0.3 is 20.3 Å². The van der Waals surface area contributed by atoms with Gasteiger partial charge in [-0.1, -0.05) is 0 Å². The van der Waals surface area contributed by atoms with Crippen LogP contribution in [0.1, 0.15) is 25.0 Å². The summed E-state index contributed by atoms with van der Waals surface area (Å²) >= 11 is 1.57. The molecule has 0 aliphatic carbocycles. The predicted molar refractivity (Wildman–Crippen MR) is 110 cm³/mol. The number of aliphatic imine (C=N–C) groups is 1. The molecule has 1 saturated heterocycles. The largest absolute Gasteiger partial charge is 0.377 e. The fourth-order valence-corrected chi connectivity index (χ4v) is 4.26. The highest BCUT2D eigenvalue weighted by Gasteiger charge is 2.17. The second-order valence-electron chi connectivity index (χ2n) is 6.52. The summed E-state index contributed by atoms with van der Waals surface area (Å²) in [5.74, 6) is 0.516. The van der Waals surface area contributed by atoms with Gasteiger partial charge in [-0.3, -0.25) is 4.99 Å². The van der Waals surface area contributed by atoms with Crippen LogP contribution in [-0.2, 0) is 21.3 Å². The van der Waals surface area contributed by atoms with Crippen LogP contribution >= 0.6 is 11.3 Å². The van der Waals surface area contributed by atoms with E-state index in [4.69, 9.17) is 4.74 Å². The Morgan fingerprint density at radius 1 is 1.41 bits per heavy atom. The molecule has 0 radical (unpaired) electrons. The molecule has 9 nitrogen and oxygen atoms in total. The first kappa shape index (κ1) is 21.9. The van der Waals surface area contributed by atoms with E-state index in [0.717, 1.165) is 30.1 Å². The van der Waals surface area contributed by atoms with E-state index in [9.17, 15) is 8.42 Å². The van der Waals surface area contributed by atoms with E-state index in [1.807, 2.05) is 24.4 Å². The van der Waals surface area contributed by atoms with Crippen LogP contribution in [0.3, 0.4) is 0 Å². The smallest absolute Gasteiger partial charge is 0.213 e. The number of rotatable bonds is 9. The van der Waals surface area contributed by atoms with Crippen LogP contribution < -0.4 is 20.3 Å². The van der Waals surface area contributed by atoms with Crippen LogP contribution in [0.2, 0.25) is 0 Å². The molecule has 1 atom stereocenters. The summed E-state index contributed by atoms with van der Waals surface area (Å²) in [4.78, 5) is 10.5. The van der Waals surface area contributed by atoms with Crippen LogP contribution in [0.4, 0.5) is 5.13 Å². The van der Waals surface area contributed by atoms with Gasteiger partial charge in [-0.15, -0.1) is 11.3 Å². The highest BCUT2D eigenvalue weighted by Crippen LogP contribution is 2.17. The molecule has 0 spiro atoms. The monoisotopic (exact) mass is 418 g/mol. The first-order valence-corrected chi connectivity index (χ1v) is 11.6. The van der Waals surface area contributed by atoms with Gasteiger partial charge in [0.25, 0.3) is 0 Å². The number of ether oxygens (including phenoxy) is 1. The third kappa shape index (κ3) is 7.99. The number of hydrogen-bond acceptors (Lipinski definition) is 7. The summed E-state index contributed by atoms with van der Waals surface area (Å²) in [5.41, 5.74) is 0.911. The molecule has 3 N–H and O–H groups in total. The molecule has 0 bridgehead atoms. The average molecular weight is 419 g/mol. The summed E-state index contributed by atoms with van der Waals surface area (Å²) in [6, 6.07) is 0. The van der Waals surface area contributed by atoms with Crippen molar-refractivity contribution in [1.82, 2.24) is 20.3 Å². The lowest BCUT2D eigenvalue weighted by Crippen LogP contribution is -2.42. The fourth-order valence-electron chi connectivity index (χ4n) is 2.54. The van der Waals surface area contributed by atoms with E-state index < -0.39 is 10.0 Å². The Bertz CT molecular complexity index is 699. The average Bonchev–Trinajstić information content (AvgIpc) is 3.13. The predicted octanol–water partition coefficient (Wildman–Crippen LogP) is 0.363. The molecule has 0 amide bonds. The SMILES string of the molecule is CN=C(NCCS(=O)(=O)NCC1CCCCO1)NCc1csc(N(C)C)n1. The zero-order valence-corrected chi connectivity index (χ0v) is 17.8. The van der Waals surface area contributed by atoms with Gasteiger partial charge in [0.05, 0.1) is 24.1 Å². The Labute approximate surface area is 165 Å². The molecule has 2 heterocycles. The lowest BCUT2D eigenvalue weighted by molar-refractivity contribution is 0.0200. The Morgan fingerprint density at radius 2 is 2.22 bits per heavy atom. The maximum absolute atomic E-state index is 12.1. The first-order valence-electron chi connectivity index (χ1n) is 9.05. The van der Waals surface area contributed by atoms with Gasteiger partial charge in [-0.2, -0.15) is 0 Å². The van der Waals surface area contributed by atoms with Crippen LogP contribution in [0.15, 0.2) is 10.4 Å². The molecule has 1 unspecified atom stereocenters. The number of nitrogens with zero attached hydrogens (tertiary/aromatic N) is 3. The molecular weight excluding hydrogens is 388 g/mol. The quantitative estimate of drug-likeness (QED) is 0.393. The van der Waals surface area contributed by atoms with Crippen molar-refractivity contribution in [2.45, 2.75) is 31.9 Å². The van der Waals surface area contributed by atoms with Crippen LogP contribution in [0.5, 0.6) is 0 Å². The standard InChI is InChI=1S/C16H30N6O3S2/c1-17-15(19-10-13-12-26-16(21-13)22(2)3)18-7-9-27(23,24)20-11-14-6-4-5-8-25-14/h12,14,20H,4-11H2,1-3H3,(H2,17,18,19). The topological polar surface area (TPSA) is 108 Å². The third-order valence-corrected chi connectivity index (χ3v) is 6.46. The normalized spacial score (nSPS) is 18.3. The molecule has 1 aliphatic heterocycles. The summed E-state index contributed by atoms with van der Waals surface area (Å²) in [7, 11) is 2.20. The van der Waals surface area contributed by atoms with E-state index in [0.29, 0.717) is 25.7 Å². The molecule has 1 aromatic rings. The molecule has 1 fully saturated rings. The van der Waals surface area contributed by atoms with Crippen LogP contribution in [0.25, 0.3) is 0 Å². The number of guanidine groups is 1. The highest BCUT2D eigenvalue weighted by molar-refractivity contribution is 7.89. The molecule has 27 heavy (non-hydrogen) atoms. The zero-order valence-electron chi connectivity index (χ0n) is 16.2. The Morgan fingerprint density at radius 3 is 2.85 bits per heavy atom. The van der Waals surface area contributed by atoms with Crippen molar-refractivity contribution in [3.63, 3.8) is 0 Å². The first-order chi connectivity index (χ1) is 12.9. The van der Waals surface area contributed by atoms with Crippen molar-refractivity contribution in [3.8, 4) is 0 Å².